The number of hydrogen-bond donors (Lipinski definition) is 1. The number of piperidine rings is 1. The Labute approximate surface area is 128 Å². The molecule has 1 aliphatic heterocycles. The van der Waals surface area contributed by atoms with Gasteiger partial charge in [0.05, 0.1) is 6.26 Å². The van der Waals surface area contributed by atoms with E-state index >= 15 is 0 Å². The zero-order valence-corrected chi connectivity index (χ0v) is 13.3. The second-order valence-corrected chi connectivity index (χ2v) is 7.31. The van der Waals surface area contributed by atoms with Crippen LogP contribution in [0.1, 0.15) is 19.8 Å². The van der Waals surface area contributed by atoms with E-state index in [1.807, 2.05) is 0 Å². The number of carbonyl (C=O) groups is 1. The number of carbonyl (C=O) groups excluding carboxylic acids is 1. The third kappa shape index (κ3) is 7.41. The number of halogens is 3. The molecule has 1 heterocycles. The second kappa shape index (κ2) is 7.60. The number of likely N-dealkylation sites (tertiary alicyclic amines) is 1. The number of amides is 1. The maximum absolute atomic E-state index is 12.1. The summed E-state index contributed by atoms with van der Waals surface area (Å²) in [4.78, 5) is 13.5. The molecule has 130 valence electrons. The zero-order valence-electron chi connectivity index (χ0n) is 12.5. The Morgan fingerprint density at radius 3 is 2.64 bits per heavy atom. The van der Waals surface area contributed by atoms with Crippen molar-refractivity contribution in [1.29, 1.82) is 0 Å². The van der Waals surface area contributed by atoms with Gasteiger partial charge < -0.3 is 9.64 Å². The fraction of sp³-hybridized carbons (Fsp3) is 0.917. The van der Waals surface area contributed by atoms with E-state index in [1.54, 1.807) is 0 Å². The molecule has 0 bridgehead atoms. The highest BCUT2D eigenvalue weighted by atomic mass is 32.2. The van der Waals surface area contributed by atoms with Gasteiger partial charge in [-0.1, -0.05) is 0 Å². The summed E-state index contributed by atoms with van der Waals surface area (Å²) in [6.45, 7) is 0.772. The van der Waals surface area contributed by atoms with Crippen LogP contribution in [0, 0.1) is 5.92 Å². The van der Waals surface area contributed by atoms with Crippen molar-refractivity contribution in [2.45, 2.75) is 32.0 Å². The quantitative estimate of drug-likeness (QED) is 0.770. The molecule has 1 fully saturated rings. The molecule has 1 rings (SSSR count). The molecule has 0 radical (unpaired) electrons. The number of nitrogens with zero attached hydrogens (tertiary/aromatic N) is 1. The Hall–Kier alpha value is -0.870. The molecule has 1 amide bonds. The van der Waals surface area contributed by atoms with Crippen LogP contribution in [0.2, 0.25) is 0 Å². The van der Waals surface area contributed by atoms with Gasteiger partial charge in [0.15, 0.2) is 0 Å². The number of nitrogens with one attached hydrogen (secondary N) is 1. The maximum Gasteiger partial charge on any atom is 0.411 e. The van der Waals surface area contributed by atoms with Gasteiger partial charge in [0.1, 0.15) is 12.7 Å². The minimum absolute atomic E-state index is 0.0535. The molecule has 1 aliphatic rings. The van der Waals surface area contributed by atoms with Gasteiger partial charge in [-0.05, 0) is 25.7 Å². The number of sulfonamides is 1. The SMILES string of the molecule is C[C@H](OCC(F)(F)F)C(=O)N1CCC[C@@H](CNS(C)(=O)=O)C1. The first-order valence-electron chi connectivity index (χ1n) is 6.90. The molecule has 2 atom stereocenters. The van der Waals surface area contributed by atoms with Crippen LogP contribution >= 0.6 is 0 Å². The van der Waals surface area contributed by atoms with E-state index in [-0.39, 0.29) is 12.5 Å². The smallest absolute Gasteiger partial charge is 0.359 e. The first kappa shape index (κ1) is 19.2. The topological polar surface area (TPSA) is 75.7 Å². The van der Waals surface area contributed by atoms with Crippen molar-refractivity contribution in [2.24, 2.45) is 5.92 Å². The van der Waals surface area contributed by atoms with Gasteiger partial charge in [-0.3, -0.25) is 4.79 Å². The lowest BCUT2D eigenvalue weighted by molar-refractivity contribution is -0.188. The molecule has 0 aliphatic carbocycles. The van der Waals surface area contributed by atoms with Crippen LogP contribution in [0.5, 0.6) is 0 Å². The van der Waals surface area contributed by atoms with Crippen molar-refractivity contribution in [1.82, 2.24) is 9.62 Å². The van der Waals surface area contributed by atoms with Crippen molar-refractivity contribution < 1.29 is 31.1 Å². The fourth-order valence-corrected chi connectivity index (χ4v) is 2.79. The zero-order chi connectivity index (χ0) is 17.0. The molecular formula is C12H21F3N2O4S. The summed E-state index contributed by atoms with van der Waals surface area (Å²) < 4.78 is 65.3. The van der Waals surface area contributed by atoms with E-state index in [9.17, 15) is 26.4 Å². The number of hydrogen-bond acceptors (Lipinski definition) is 4. The standard InChI is InChI=1S/C12H21F3N2O4S/c1-9(21-8-12(13,14)15)11(18)17-5-3-4-10(7-17)6-16-22(2,19)20/h9-10,16H,3-8H2,1-2H3/t9-,10-/m0/s1. The average Bonchev–Trinajstić information content (AvgIpc) is 2.40. The molecule has 6 nitrogen and oxygen atoms in total. The van der Waals surface area contributed by atoms with Gasteiger partial charge >= 0.3 is 6.18 Å². The van der Waals surface area contributed by atoms with Crippen LogP contribution in [-0.4, -0.2) is 64.0 Å². The summed E-state index contributed by atoms with van der Waals surface area (Å²) in [5, 5.41) is 0. The molecule has 22 heavy (non-hydrogen) atoms. The molecule has 0 unspecified atom stereocenters. The molecule has 0 aromatic carbocycles. The van der Waals surface area contributed by atoms with Crippen molar-refractivity contribution in [3.8, 4) is 0 Å². The minimum atomic E-state index is -4.47. The summed E-state index contributed by atoms with van der Waals surface area (Å²) >= 11 is 0. The highest BCUT2D eigenvalue weighted by Gasteiger charge is 2.32. The lowest BCUT2D eigenvalue weighted by Crippen LogP contribution is -2.47. The van der Waals surface area contributed by atoms with Crippen LogP contribution < -0.4 is 4.72 Å². The lowest BCUT2D eigenvalue weighted by atomic mass is 9.98. The monoisotopic (exact) mass is 346 g/mol. The Morgan fingerprint density at radius 1 is 1.45 bits per heavy atom. The van der Waals surface area contributed by atoms with Gasteiger partial charge in [-0.25, -0.2) is 13.1 Å². The Bertz CT molecular complexity index is 481. The lowest BCUT2D eigenvalue weighted by Gasteiger charge is -2.34. The molecule has 1 saturated heterocycles. The number of ether oxygens (including phenoxy) is 1. The van der Waals surface area contributed by atoms with E-state index < -0.39 is 34.8 Å². The summed E-state index contributed by atoms with van der Waals surface area (Å²) in [7, 11) is -3.31. The van der Waals surface area contributed by atoms with Crippen LogP contribution in [-0.2, 0) is 19.6 Å². The normalized spacial score (nSPS) is 21.7. The minimum Gasteiger partial charge on any atom is -0.359 e. The summed E-state index contributed by atoms with van der Waals surface area (Å²) in [6, 6.07) is 0. The van der Waals surface area contributed by atoms with E-state index in [1.165, 1.54) is 11.8 Å². The molecule has 0 aromatic heterocycles. The van der Waals surface area contributed by atoms with Gasteiger partial charge in [0, 0.05) is 19.6 Å². The Balaban J connectivity index is 2.48. The van der Waals surface area contributed by atoms with Gasteiger partial charge in [-0.15, -0.1) is 0 Å². The third-order valence-corrected chi connectivity index (χ3v) is 4.00. The summed E-state index contributed by atoms with van der Waals surface area (Å²) in [6.07, 6.45) is -3.18. The summed E-state index contributed by atoms with van der Waals surface area (Å²) in [5.74, 6) is -0.560. The van der Waals surface area contributed by atoms with E-state index in [0.29, 0.717) is 19.5 Å². The van der Waals surface area contributed by atoms with Gasteiger partial charge in [0.25, 0.3) is 5.91 Å². The molecular weight excluding hydrogens is 325 g/mol. The van der Waals surface area contributed by atoms with E-state index in [0.717, 1.165) is 12.7 Å². The van der Waals surface area contributed by atoms with Crippen LogP contribution in [0.25, 0.3) is 0 Å². The summed E-state index contributed by atoms with van der Waals surface area (Å²) in [5.41, 5.74) is 0. The molecule has 0 spiro atoms. The second-order valence-electron chi connectivity index (χ2n) is 5.48. The Morgan fingerprint density at radius 2 is 2.09 bits per heavy atom. The molecule has 0 aromatic rings. The highest BCUT2D eigenvalue weighted by Crippen LogP contribution is 2.19. The van der Waals surface area contributed by atoms with E-state index in [2.05, 4.69) is 9.46 Å². The van der Waals surface area contributed by atoms with Crippen molar-refractivity contribution >= 4 is 15.9 Å². The van der Waals surface area contributed by atoms with Gasteiger partial charge in [0.2, 0.25) is 10.0 Å². The van der Waals surface area contributed by atoms with Crippen molar-refractivity contribution in [3.63, 3.8) is 0 Å². The van der Waals surface area contributed by atoms with Crippen molar-refractivity contribution in [2.75, 3.05) is 32.5 Å². The van der Waals surface area contributed by atoms with Crippen molar-refractivity contribution in [3.05, 3.63) is 0 Å². The fourth-order valence-electron chi connectivity index (χ4n) is 2.25. The van der Waals surface area contributed by atoms with Crippen LogP contribution in [0.15, 0.2) is 0 Å². The molecule has 10 heteroatoms. The maximum atomic E-state index is 12.1. The largest absolute Gasteiger partial charge is 0.411 e. The predicted octanol–water partition coefficient (Wildman–Crippen LogP) is 0.742. The van der Waals surface area contributed by atoms with Crippen LogP contribution in [0.3, 0.4) is 0 Å². The van der Waals surface area contributed by atoms with Crippen LogP contribution in [0.4, 0.5) is 13.2 Å². The molecule has 0 saturated carbocycles. The first-order chi connectivity index (χ1) is 9.98. The third-order valence-electron chi connectivity index (χ3n) is 3.31. The number of rotatable bonds is 6. The molecule has 1 N–H and O–H groups in total. The van der Waals surface area contributed by atoms with E-state index in [4.69, 9.17) is 0 Å². The number of alkyl halides is 3. The average molecular weight is 346 g/mol. The Kier molecular flexibility index (Phi) is 6.63. The highest BCUT2D eigenvalue weighted by molar-refractivity contribution is 7.88. The first-order valence-corrected chi connectivity index (χ1v) is 8.79. The predicted molar refractivity (Wildman–Crippen MR) is 73.6 cm³/mol. The van der Waals surface area contributed by atoms with Gasteiger partial charge in [-0.2, -0.15) is 13.2 Å².